The predicted octanol–water partition coefficient (Wildman–Crippen LogP) is 0.458. The maximum atomic E-state index is 10.9. The zero-order valence-electron chi connectivity index (χ0n) is 8.63. The Morgan fingerprint density at radius 2 is 2.06 bits per heavy atom. The van der Waals surface area contributed by atoms with Crippen LogP contribution in [0.2, 0.25) is 0 Å². The monoisotopic (exact) mass is 227 g/mol. The Morgan fingerprint density at radius 3 is 2.50 bits per heavy atom. The first-order valence-electron chi connectivity index (χ1n) is 4.15. The SMILES string of the molecule is COc1nc(CN=O)nc(C(=O)O)c1OC. The fourth-order valence-electron chi connectivity index (χ4n) is 1.07. The maximum absolute atomic E-state index is 10.9. The topological polar surface area (TPSA) is 111 Å². The van der Waals surface area contributed by atoms with Crippen LogP contribution < -0.4 is 9.47 Å². The molecular formula is C8H9N3O5. The molecule has 0 atom stereocenters. The van der Waals surface area contributed by atoms with Gasteiger partial charge in [0, 0.05) is 0 Å². The van der Waals surface area contributed by atoms with Crippen molar-refractivity contribution in [3.63, 3.8) is 0 Å². The smallest absolute Gasteiger partial charge is 0.358 e. The molecule has 0 unspecified atom stereocenters. The molecule has 1 aromatic heterocycles. The highest BCUT2D eigenvalue weighted by molar-refractivity contribution is 5.89. The summed E-state index contributed by atoms with van der Waals surface area (Å²) in [5, 5.41) is 11.4. The minimum Gasteiger partial charge on any atom is -0.489 e. The van der Waals surface area contributed by atoms with Gasteiger partial charge in [0.1, 0.15) is 6.54 Å². The lowest BCUT2D eigenvalue weighted by molar-refractivity contribution is 0.0684. The Kier molecular flexibility index (Phi) is 3.70. The van der Waals surface area contributed by atoms with E-state index in [1.54, 1.807) is 0 Å². The molecule has 1 aromatic rings. The third-order valence-corrected chi connectivity index (χ3v) is 1.69. The molecule has 0 saturated heterocycles. The number of aromatic nitrogens is 2. The van der Waals surface area contributed by atoms with Gasteiger partial charge >= 0.3 is 5.97 Å². The number of nitrogens with zero attached hydrogens (tertiary/aromatic N) is 3. The molecular weight excluding hydrogens is 218 g/mol. The molecule has 0 aliphatic carbocycles. The normalized spacial score (nSPS) is 9.62. The van der Waals surface area contributed by atoms with E-state index < -0.39 is 5.97 Å². The largest absolute Gasteiger partial charge is 0.489 e. The third-order valence-electron chi connectivity index (χ3n) is 1.69. The van der Waals surface area contributed by atoms with Crippen LogP contribution in [-0.2, 0) is 6.54 Å². The molecule has 0 aromatic carbocycles. The molecule has 0 bridgehead atoms. The number of hydrogen-bond donors (Lipinski definition) is 1. The summed E-state index contributed by atoms with van der Waals surface area (Å²) < 4.78 is 9.65. The van der Waals surface area contributed by atoms with Gasteiger partial charge in [-0.05, 0) is 0 Å². The van der Waals surface area contributed by atoms with E-state index in [2.05, 4.69) is 15.1 Å². The van der Waals surface area contributed by atoms with Gasteiger partial charge in [0.25, 0.3) is 5.88 Å². The number of ether oxygens (including phenoxy) is 2. The Bertz CT molecular complexity index is 420. The van der Waals surface area contributed by atoms with Crippen molar-refractivity contribution in [1.29, 1.82) is 0 Å². The Morgan fingerprint density at radius 1 is 1.38 bits per heavy atom. The van der Waals surface area contributed by atoms with E-state index in [0.717, 1.165) is 0 Å². The molecule has 0 radical (unpaired) electrons. The summed E-state index contributed by atoms with van der Waals surface area (Å²) in [5.41, 5.74) is -0.368. The molecule has 0 aliphatic rings. The zero-order chi connectivity index (χ0) is 12.1. The van der Waals surface area contributed by atoms with Crippen molar-refractivity contribution in [3.05, 3.63) is 16.4 Å². The van der Waals surface area contributed by atoms with Crippen molar-refractivity contribution in [3.8, 4) is 11.6 Å². The molecule has 0 saturated carbocycles. The quantitative estimate of drug-likeness (QED) is 0.727. The molecule has 1 rings (SSSR count). The van der Waals surface area contributed by atoms with Crippen molar-refractivity contribution in [1.82, 2.24) is 9.97 Å². The standard InChI is InChI=1S/C8H9N3O5/c1-15-6-5(8(12)13)10-4(3-9-14)11-7(6)16-2/h3H2,1-2H3,(H,12,13). The summed E-state index contributed by atoms with van der Waals surface area (Å²) in [5.74, 6) is -1.48. The molecule has 1 N–H and O–H groups in total. The van der Waals surface area contributed by atoms with Gasteiger partial charge in [0.2, 0.25) is 5.75 Å². The number of carboxylic acids is 1. The van der Waals surface area contributed by atoms with Crippen LogP contribution in [0.15, 0.2) is 5.18 Å². The van der Waals surface area contributed by atoms with Crippen LogP contribution in [0.4, 0.5) is 0 Å². The van der Waals surface area contributed by atoms with Gasteiger partial charge in [0.15, 0.2) is 11.5 Å². The maximum Gasteiger partial charge on any atom is 0.358 e. The number of hydrogen-bond acceptors (Lipinski definition) is 7. The van der Waals surface area contributed by atoms with Crippen molar-refractivity contribution in [2.45, 2.75) is 6.54 Å². The van der Waals surface area contributed by atoms with Crippen molar-refractivity contribution < 1.29 is 19.4 Å². The van der Waals surface area contributed by atoms with Crippen LogP contribution in [0.1, 0.15) is 16.3 Å². The van der Waals surface area contributed by atoms with Crippen LogP contribution >= 0.6 is 0 Å². The molecule has 1 heterocycles. The van der Waals surface area contributed by atoms with Crippen LogP contribution in [0, 0.1) is 4.91 Å². The first-order valence-corrected chi connectivity index (χ1v) is 4.15. The number of nitroso groups, excluding NO2 is 1. The van der Waals surface area contributed by atoms with Crippen LogP contribution in [0.25, 0.3) is 0 Å². The van der Waals surface area contributed by atoms with Gasteiger partial charge in [-0.15, -0.1) is 0 Å². The highest BCUT2D eigenvalue weighted by Gasteiger charge is 2.21. The summed E-state index contributed by atoms with van der Waals surface area (Å²) in [6.45, 7) is -0.333. The number of carboxylic acid groups (broad SMARTS) is 1. The third kappa shape index (κ3) is 2.22. The first-order chi connectivity index (χ1) is 7.63. The van der Waals surface area contributed by atoms with Gasteiger partial charge in [-0.2, -0.15) is 9.89 Å². The molecule has 0 spiro atoms. The Balaban J connectivity index is 3.36. The molecule has 86 valence electrons. The molecule has 0 aliphatic heterocycles. The number of carbonyl (C=O) groups is 1. The molecule has 16 heavy (non-hydrogen) atoms. The Labute approximate surface area is 90.2 Å². The average molecular weight is 227 g/mol. The van der Waals surface area contributed by atoms with Crippen molar-refractivity contribution in [2.24, 2.45) is 5.18 Å². The second kappa shape index (κ2) is 5.01. The molecule has 8 heteroatoms. The van der Waals surface area contributed by atoms with E-state index in [1.165, 1.54) is 14.2 Å². The lowest BCUT2D eigenvalue weighted by atomic mass is 10.3. The summed E-state index contributed by atoms with van der Waals surface area (Å²) in [6.07, 6.45) is 0. The lowest BCUT2D eigenvalue weighted by Gasteiger charge is -2.09. The van der Waals surface area contributed by atoms with Gasteiger partial charge in [-0.3, -0.25) is 0 Å². The van der Waals surface area contributed by atoms with E-state index >= 15 is 0 Å². The van der Waals surface area contributed by atoms with Crippen LogP contribution in [0.3, 0.4) is 0 Å². The second-order valence-corrected chi connectivity index (χ2v) is 2.62. The lowest BCUT2D eigenvalue weighted by Crippen LogP contribution is -2.10. The average Bonchev–Trinajstić information content (AvgIpc) is 2.28. The minimum absolute atomic E-state index is 0.0370. The van der Waals surface area contributed by atoms with Crippen molar-refractivity contribution >= 4 is 5.97 Å². The van der Waals surface area contributed by atoms with Gasteiger partial charge in [0.05, 0.1) is 14.2 Å². The fraction of sp³-hybridized carbons (Fsp3) is 0.375. The molecule has 0 fully saturated rings. The second-order valence-electron chi connectivity index (χ2n) is 2.62. The van der Waals surface area contributed by atoms with Crippen LogP contribution in [-0.4, -0.2) is 35.3 Å². The minimum atomic E-state index is -1.30. The van der Waals surface area contributed by atoms with Gasteiger partial charge < -0.3 is 14.6 Å². The summed E-state index contributed by atoms with van der Waals surface area (Å²) in [7, 11) is 2.57. The fourth-order valence-corrected chi connectivity index (χ4v) is 1.07. The summed E-state index contributed by atoms with van der Waals surface area (Å²) in [4.78, 5) is 28.3. The van der Waals surface area contributed by atoms with Crippen LogP contribution in [0.5, 0.6) is 11.6 Å². The van der Waals surface area contributed by atoms with E-state index in [0.29, 0.717) is 0 Å². The van der Waals surface area contributed by atoms with E-state index in [4.69, 9.17) is 14.6 Å². The highest BCUT2D eigenvalue weighted by Crippen LogP contribution is 2.27. The number of methoxy groups -OCH3 is 2. The van der Waals surface area contributed by atoms with Gasteiger partial charge in [-0.25, -0.2) is 9.78 Å². The number of rotatable bonds is 5. The molecule has 8 nitrogen and oxygen atoms in total. The number of aromatic carboxylic acids is 1. The van der Waals surface area contributed by atoms with E-state index in [1.807, 2.05) is 0 Å². The predicted molar refractivity (Wildman–Crippen MR) is 51.6 cm³/mol. The van der Waals surface area contributed by atoms with E-state index in [-0.39, 0.29) is 29.7 Å². The highest BCUT2D eigenvalue weighted by atomic mass is 16.5. The van der Waals surface area contributed by atoms with Gasteiger partial charge in [-0.1, -0.05) is 5.18 Å². The molecule has 0 amide bonds. The summed E-state index contributed by atoms with van der Waals surface area (Å²) >= 11 is 0. The zero-order valence-corrected chi connectivity index (χ0v) is 8.63. The summed E-state index contributed by atoms with van der Waals surface area (Å²) in [6, 6.07) is 0. The Hall–Kier alpha value is -2.25. The van der Waals surface area contributed by atoms with Crippen molar-refractivity contribution in [2.75, 3.05) is 14.2 Å². The van der Waals surface area contributed by atoms with E-state index in [9.17, 15) is 9.70 Å². The first kappa shape index (κ1) is 11.8.